The standard InChI is InChI=1S/C21H20ClN5O4/c1-11-6-14(22)4-5-16(11)27-19-17(23)18(24-10-25-19)26-15-8-12(20(28)30-2)7-13(9-15)21(29)31-3/h4-10H,23H2,1-3H3,(H2,24,25,26,27). The van der Waals surface area contributed by atoms with Crippen LogP contribution in [0.5, 0.6) is 0 Å². The van der Waals surface area contributed by atoms with Gasteiger partial charge in [0.25, 0.3) is 0 Å². The van der Waals surface area contributed by atoms with Crippen molar-refractivity contribution in [3.63, 3.8) is 0 Å². The van der Waals surface area contributed by atoms with Crippen LogP contribution in [0.2, 0.25) is 5.02 Å². The largest absolute Gasteiger partial charge is 0.465 e. The molecule has 0 amide bonds. The fourth-order valence-corrected chi connectivity index (χ4v) is 3.02. The second kappa shape index (κ2) is 9.31. The van der Waals surface area contributed by atoms with Crippen LogP contribution in [0.15, 0.2) is 42.7 Å². The Morgan fingerprint density at radius 1 is 0.935 bits per heavy atom. The second-order valence-corrected chi connectivity index (χ2v) is 6.91. The Hall–Kier alpha value is -3.85. The van der Waals surface area contributed by atoms with Gasteiger partial charge in [0.15, 0.2) is 11.6 Å². The molecule has 3 aromatic rings. The molecule has 31 heavy (non-hydrogen) atoms. The Morgan fingerprint density at radius 3 is 2.06 bits per heavy atom. The number of carbonyl (C=O) groups is 2. The van der Waals surface area contributed by atoms with Gasteiger partial charge >= 0.3 is 11.9 Å². The van der Waals surface area contributed by atoms with Crippen molar-refractivity contribution in [2.24, 2.45) is 0 Å². The molecular formula is C21H20ClN5O4. The molecule has 0 aliphatic rings. The van der Waals surface area contributed by atoms with E-state index in [4.69, 9.17) is 26.8 Å². The van der Waals surface area contributed by atoms with Crippen LogP contribution in [0.25, 0.3) is 0 Å². The van der Waals surface area contributed by atoms with Gasteiger partial charge in [-0.25, -0.2) is 19.6 Å². The highest BCUT2D eigenvalue weighted by Gasteiger charge is 2.16. The van der Waals surface area contributed by atoms with Crippen LogP contribution in [-0.4, -0.2) is 36.1 Å². The number of carbonyl (C=O) groups excluding carboxylic acids is 2. The molecular weight excluding hydrogens is 422 g/mol. The van der Waals surface area contributed by atoms with Crippen molar-refractivity contribution in [3.05, 3.63) is 64.4 Å². The molecule has 0 saturated heterocycles. The number of nitrogens with zero attached hydrogens (tertiary/aromatic N) is 2. The van der Waals surface area contributed by atoms with Gasteiger partial charge in [-0.3, -0.25) is 0 Å². The lowest BCUT2D eigenvalue weighted by molar-refractivity contribution is 0.0599. The van der Waals surface area contributed by atoms with Gasteiger partial charge in [0.1, 0.15) is 12.0 Å². The molecule has 9 nitrogen and oxygen atoms in total. The van der Waals surface area contributed by atoms with Gasteiger partial charge in [-0.2, -0.15) is 0 Å². The summed E-state index contributed by atoms with van der Waals surface area (Å²) in [4.78, 5) is 32.3. The lowest BCUT2D eigenvalue weighted by atomic mass is 10.1. The normalized spacial score (nSPS) is 10.3. The minimum Gasteiger partial charge on any atom is -0.465 e. The Kier molecular flexibility index (Phi) is 6.56. The van der Waals surface area contributed by atoms with E-state index >= 15 is 0 Å². The summed E-state index contributed by atoms with van der Waals surface area (Å²) in [6, 6.07) is 9.77. The number of rotatable bonds is 6. The van der Waals surface area contributed by atoms with Crippen LogP contribution >= 0.6 is 11.6 Å². The van der Waals surface area contributed by atoms with Crippen molar-refractivity contribution in [1.29, 1.82) is 0 Å². The van der Waals surface area contributed by atoms with E-state index in [1.165, 1.54) is 38.7 Å². The zero-order chi connectivity index (χ0) is 22.5. The molecule has 4 N–H and O–H groups in total. The van der Waals surface area contributed by atoms with Crippen molar-refractivity contribution >= 4 is 52.2 Å². The van der Waals surface area contributed by atoms with E-state index in [0.29, 0.717) is 16.5 Å². The number of nitrogen functional groups attached to an aromatic ring is 1. The first-order chi connectivity index (χ1) is 14.8. The van der Waals surface area contributed by atoms with E-state index < -0.39 is 11.9 Å². The second-order valence-electron chi connectivity index (χ2n) is 6.48. The minimum atomic E-state index is -0.606. The molecule has 0 fully saturated rings. The average Bonchev–Trinajstić information content (AvgIpc) is 2.76. The third-order valence-corrected chi connectivity index (χ3v) is 4.60. The van der Waals surface area contributed by atoms with Gasteiger partial charge in [-0.1, -0.05) is 11.6 Å². The number of hydrogen-bond acceptors (Lipinski definition) is 9. The van der Waals surface area contributed by atoms with Gasteiger partial charge < -0.3 is 25.8 Å². The molecule has 0 atom stereocenters. The number of methoxy groups -OCH3 is 2. The zero-order valence-electron chi connectivity index (χ0n) is 17.0. The number of esters is 2. The van der Waals surface area contributed by atoms with Crippen LogP contribution in [0, 0.1) is 6.92 Å². The molecule has 0 radical (unpaired) electrons. The van der Waals surface area contributed by atoms with E-state index in [0.717, 1.165) is 11.3 Å². The van der Waals surface area contributed by atoms with Crippen LogP contribution in [0.1, 0.15) is 26.3 Å². The summed E-state index contributed by atoms with van der Waals surface area (Å²) < 4.78 is 9.50. The first kappa shape index (κ1) is 21.8. The molecule has 2 aromatic carbocycles. The molecule has 0 bridgehead atoms. The van der Waals surface area contributed by atoms with Gasteiger partial charge in [0, 0.05) is 16.4 Å². The van der Waals surface area contributed by atoms with Crippen molar-refractivity contribution in [2.45, 2.75) is 6.92 Å². The number of aromatic nitrogens is 2. The number of halogens is 1. The number of nitrogens with one attached hydrogen (secondary N) is 2. The molecule has 3 rings (SSSR count). The Labute approximate surface area is 183 Å². The van der Waals surface area contributed by atoms with E-state index in [1.54, 1.807) is 6.07 Å². The zero-order valence-corrected chi connectivity index (χ0v) is 17.8. The van der Waals surface area contributed by atoms with E-state index in [1.807, 2.05) is 19.1 Å². The van der Waals surface area contributed by atoms with Crippen molar-refractivity contribution in [1.82, 2.24) is 9.97 Å². The molecule has 0 aliphatic carbocycles. The number of anilines is 5. The maximum absolute atomic E-state index is 12.0. The summed E-state index contributed by atoms with van der Waals surface area (Å²) in [5.74, 6) is -0.558. The SMILES string of the molecule is COC(=O)c1cc(Nc2ncnc(Nc3ccc(Cl)cc3C)c2N)cc(C(=O)OC)c1. The molecule has 0 aliphatic heterocycles. The Morgan fingerprint density at radius 2 is 1.52 bits per heavy atom. The number of ether oxygens (including phenoxy) is 2. The highest BCUT2D eigenvalue weighted by molar-refractivity contribution is 6.30. The molecule has 10 heteroatoms. The van der Waals surface area contributed by atoms with Gasteiger partial charge in [0.05, 0.1) is 25.3 Å². The summed E-state index contributed by atoms with van der Waals surface area (Å²) in [7, 11) is 2.50. The van der Waals surface area contributed by atoms with Crippen LogP contribution < -0.4 is 16.4 Å². The number of nitrogens with two attached hydrogens (primary N) is 1. The third kappa shape index (κ3) is 5.01. The summed E-state index contributed by atoms with van der Waals surface area (Å²) in [6.07, 6.45) is 1.33. The highest BCUT2D eigenvalue weighted by atomic mass is 35.5. The minimum absolute atomic E-state index is 0.163. The van der Waals surface area contributed by atoms with Crippen LogP contribution in [0.4, 0.5) is 28.7 Å². The fraction of sp³-hybridized carbons (Fsp3) is 0.143. The predicted octanol–water partition coefficient (Wildman–Crippen LogP) is 4.08. The number of aryl methyl sites for hydroxylation is 1. The maximum Gasteiger partial charge on any atom is 0.337 e. The molecule has 160 valence electrons. The summed E-state index contributed by atoms with van der Waals surface area (Å²) in [5.41, 5.74) is 8.89. The molecule has 1 aromatic heterocycles. The lowest BCUT2D eigenvalue weighted by Gasteiger charge is -2.15. The third-order valence-electron chi connectivity index (χ3n) is 4.36. The average molecular weight is 442 g/mol. The monoisotopic (exact) mass is 441 g/mol. The molecule has 0 saturated carbocycles. The first-order valence-electron chi connectivity index (χ1n) is 9.04. The number of benzene rings is 2. The smallest absolute Gasteiger partial charge is 0.337 e. The summed E-state index contributed by atoms with van der Waals surface area (Å²) >= 11 is 6.00. The lowest BCUT2D eigenvalue weighted by Crippen LogP contribution is -2.09. The summed E-state index contributed by atoms with van der Waals surface area (Å²) in [6.45, 7) is 1.90. The molecule has 1 heterocycles. The fourth-order valence-electron chi connectivity index (χ4n) is 2.80. The van der Waals surface area contributed by atoms with Gasteiger partial charge in [-0.05, 0) is 48.9 Å². The van der Waals surface area contributed by atoms with Crippen LogP contribution in [0.3, 0.4) is 0 Å². The summed E-state index contributed by atoms with van der Waals surface area (Å²) in [5, 5.41) is 6.77. The highest BCUT2D eigenvalue weighted by Crippen LogP contribution is 2.30. The maximum atomic E-state index is 12.0. The van der Waals surface area contributed by atoms with Gasteiger partial charge in [0.2, 0.25) is 0 Å². The van der Waals surface area contributed by atoms with Gasteiger partial charge in [-0.15, -0.1) is 0 Å². The van der Waals surface area contributed by atoms with Crippen molar-refractivity contribution < 1.29 is 19.1 Å². The topological polar surface area (TPSA) is 128 Å². The van der Waals surface area contributed by atoms with Crippen molar-refractivity contribution in [2.75, 3.05) is 30.6 Å². The van der Waals surface area contributed by atoms with E-state index in [-0.39, 0.29) is 22.6 Å². The quantitative estimate of drug-likeness (QED) is 0.484. The van der Waals surface area contributed by atoms with E-state index in [9.17, 15) is 9.59 Å². The van der Waals surface area contributed by atoms with Crippen LogP contribution in [-0.2, 0) is 9.47 Å². The van der Waals surface area contributed by atoms with E-state index in [2.05, 4.69) is 20.6 Å². The first-order valence-corrected chi connectivity index (χ1v) is 9.42. The molecule has 0 spiro atoms. The Bertz CT molecular complexity index is 1120. The number of hydrogen-bond donors (Lipinski definition) is 3. The molecule has 0 unspecified atom stereocenters. The van der Waals surface area contributed by atoms with Crippen molar-refractivity contribution in [3.8, 4) is 0 Å². The Balaban J connectivity index is 1.95. The predicted molar refractivity (Wildman–Crippen MR) is 118 cm³/mol.